The lowest BCUT2D eigenvalue weighted by Gasteiger charge is -2.49. The van der Waals surface area contributed by atoms with Crippen LogP contribution in [-0.2, 0) is 35.8 Å². The van der Waals surface area contributed by atoms with Crippen molar-refractivity contribution in [2.75, 3.05) is 56.5 Å². The molecule has 1 spiro atoms. The molecule has 3 fully saturated rings. The number of benzene rings is 4. The molecule has 336 valence electrons. The highest BCUT2D eigenvalue weighted by Crippen LogP contribution is 2.60. The van der Waals surface area contributed by atoms with Crippen molar-refractivity contribution < 1.29 is 40.0 Å². The third-order valence-corrected chi connectivity index (χ3v) is 16.5. The fraction of sp³-hybridized carbons (Fsp3) is 0.400. The van der Waals surface area contributed by atoms with Crippen LogP contribution in [0.15, 0.2) is 120 Å². The van der Waals surface area contributed by atoms with Crippen molar-refractivity contribution in [3.63, 3.8) is 0 Å². The molecule has 0 radical (unpaired) electrons. The van der Waals surface area contributed by atoms with Gasteiger partial charge in [-0.25, -0.2) is 13.9 Å². The van der Waals surface area contributed by atoms with Crippen molar-refractivity contribution in [2.45, 2.75) is 76.5 Å². The number of allylic oxidation sites excluding steroid dienone is 8. The summed E-state index contributed by atoms with van der Waals surface area (Å²) >= 11 is 0. The Kier molecular flexibility index (Phi) is 11.1. The summed E-state index contributed by atoms with van der Waals surface area (Å²) in [6, 6.07) is 24.8. The van der Waals surface area contributed by atoms with Gasteiger partial charge in [0.2, 0.25) is 11.1 Å². The second-order valence-corrected chi connectivity index (χ2v) is 21.9. The minimum absolute atomic E-state index is 0.0653. The lowest BCUT2D eigenvalue weighted by molar-refractivity contribution is -0.537. The predicted octanol–water partition coefficient (Wildman–Crippen LogP) is 8.62. The Morgan fingerprint density at radius 3 is 2.02 bits per heavy atom. The van der Waals surface area contributed by atoms with E-state index >= 15 is 0 Å². The second kappa shape index (κ2) is 16.1. The molecule has 14 heteroatoms. The van der Waals surface area contributed by atoms with Gasteiger partial charge in [-0.3, -0.25) is 14.0 Å². The maximum absolute atomic E-state index is 13.2. The summed E-state index contributed by atoms with van der Waals surface area (Å²) in [7, 11) is -8.56. The van der Waals surface area contributed by atoms with E-state index in [4.69, 9.17) is 4.74 Å². The smallest absolute Gasteiger partial charge is 0.410 e. The molecule has 4 aromatic rings. The van der Waals surface area contributed by atoms with Crippen molar-refractivity contribution in [3.05, 3.63) is 131 Å². The van der Waals surface area contributed by atoms with Crippen LogP contribution >= 0.6 is 0 Å². The fourth-order valence-electron chi connectivity index (χ4n) is 11.6. The number of piperazine rings is 1. The molecule has 9 rings (SSSR count). The van der Waals surface area contributed by atoms with Crippen molar-refractivity contribution in [3.8, 4) is 0 Å². The molecule has 1 saturated carbocycles. The largest absolute Gasteiger partial charge is 0.450 e. The minimum atomic E-state index is -4.41. The zero-order chi connectivity index (χ0) is 45.4. The lowest BCUT2D eigenvalue weighted by Crippen LogP contribution is -2.68. The molecule has 1 aliphatic carbocycles. The van der Waals surface area contributed by atoms with E-state index in [0.29, 0.717) is 52.3 Å². The summed E-state index contributed by atoms with van der Waals surface area (Å²) in [6.07, 6.45) is 10.4. The number of ether oxygens (including phenoxy) is 1. The first-order valence-electron chi connectivity index (χ1n) is 22.4. The van der Waals surface area contributed by atoms with Gasteiger partial charge in [0.25, 0.3) is 10.1 Å². The summed E-state index contributed by atoms with van der Waals surface area (Å²) in [4.78, 5) is 16.7. The monoisotopic (exact) mass is 906 g/mol. The van der Waals surface area contributed by atoms with E-state index in [1.54, 1.807) is 11.8 Å². The highest BCUT2D eigenvalue weighted by Gasteiger charge is 2.66. The Morgan fingerprint density at radius 1 is 0.812 bits per heavy atom. The Labute approximate surface area is 376 Å². The highest BCUT2D eigenvalue weighted by molar-refractivity contribution is 7.86. The van der Waals surface area contributed by atoms with E-state index in [-0.39, 0.29) is 22.7 Å². The zero-order valence-electron chi connectivity index (χ0n) is 37.2. The Balaban J connectivity index is 1.17. The molecule has 64 heavy (non-hydrogen) atoms. The molecule has 5 aliphatic rings. The van der Waals surface area contributed by atoms with E-state index in [9.17, 15) is 30.7 Å². The van der Waals surface area contributed by atoms with Crippen molar-refractivity contribution in [1.29, 1.82) is 0 Å². The summed E-state index contributed by atoms with van der Waals surface area (Å²) in [5.41, 5.74) is 8.39. The van der Waals surface area contributed by atoms with Crippen LogP contribution in [0.4, 0.5) is 16.2 Å². The number of carbonyl (C=O) groups excluding carboxylic acids is 1. The maximum Gasteiger partial charge on any atom is 0.410 e. The average Bonchev–Trinajstić information content (AvgIpc) is 3.81. The third-order valence-electron chi connectivity index (χ3n) is 14.4. The van der Waals surface area contributed by atoms with Gasteiger partial charge in [-0.05, 0) is 97.5 Å². The molecule has 2 N–H and O–H groups in total. The van der Waals surface area contributed by atoms with E-state index in [1.165, 1.54) is 5.56 Å². The van der Waals surface area contributed by atoms with Gasteiger partial charge < -0.3 is 9.64 Å². The van der Waals surface area contributed by atoms with E-state index in [2.05, 4.69) is 104 Å². The number of anilines is 1. The van der Waals surface area contributed by atoms with Gasteiger partial charge in [0.1, 0.15) is 11.4 Å². The zero-order valence-corrected chi connectivity index (χ0v) is 38.9. The fourth-order valence-corrected chi connectivity index (χ4v) is 13.3. The molecule has 12 nitrogen and oxygen atoms in total. The molecule has 4 aliphatic heterocycles. The molecule has 2 atom stereocenters. The summed E-state index contributed by atoms with van der Waals surface area (Å²) < 4.78 is 78.2. The van der Waals surface area contributed by atoms with Crippen LogP contribution in [0, 0.1) is 0 Å². The molecule has 4 aromatic carbocycles. The van der Waals surface area contributed by atoms with Crippen LogP contribution in [0.5, 0.6) is 0 Å². The normalized spacial score (nSPS) is 25.3. The molecule has 1 amide bonds. The first kappa shape index (κ1) is 44.1. The second-order valence-electron chi connectivity index (χ2n) is 18.8. The van der Waals surface area contributed by atoms with Crippen LogP contribution < -0.4 is 9.38 Å². The summed E-state index contributed by atoms with van der Waals surface area (Å²) in [5.74, 6) is -0.344. The number of nitrogens with zero attached hydrogens (tertiary/aromatic N) is 4. The number of quaternary nitrogens is 1. The maximum atomic E-state index is 13.2. The van der Waals surface area contributed by atoms with Crippen LogP contribution in [0.3, 0.4) is 0 Å². The quantitative estimate of drug-likeness (QED) is 0.101. The summed E-state index contributed by atoms with van der Waals surface area (Å²) in [5, 5.41) is 3.39. The van der Waals surface area contributed by atoms with E-state index in [1.807, 2.05) is 30.3 Å². The first-order chi connectivity index (χ1) is 30.4. The van der Waals surface area contributed by atoms with Gasteiger partial charge >= 0.3 is 16.2 Å². The van der Waals surface area contributed by atoms with Crippen LogP contribution in [0.2, 0.25) is 0 Å². The van der Waals surface area contributed by atoms with Gasteiger partial charge in [-0.2, -0.15) is 16.8 Å². The Morgan fingerprint density at radius 2 is 1.42 bits per heavy atom. The van der Waals surface area contributed by atoms with Gasteiger partial charge in [-0.15, -0.1) is 0 Å². The number of rotatable bonds is 8. The third kappa shape index (κ3) is 7.31. The first-order valence-corrected chi connectivity index (χ1v) is 25.5. The molecule has 4 heterocycles. The van der Waals surface area contributed by atoms with Gasteiger partial charge in [0, 0.05) is 46.1 Å². The average molecular weight is 907 g/mol. The van der Waals surface area contributed by atoms with Crippen molar-refractivity contribution >= 4 is 65.0 Å². The predicted molar refractivity (Wildman–Crippen MR) is 254 cm³/mol. The van der Waals surface area contributed by atoms with Crippen molar-refractivity contribution in [2.24, 2.45) is 0 Å². The van der Waals surface area contributed by atoms with E-state index in [0.717, 1.165) is 79.6 Å². The van der Waals surface area contributed by atoms with Crippen molar-refractivity contribution in [1.82, 2.24) is 9.38 Å². The highest BCUT2D eigenvalue weighted by atomic mass is 32.2. The van der Waals surface area contributed by atoms with Crippen LogP contribution in [0.25, 0.3) is 21.5 Å². The molecule has 2 unspecified atom stereocenters. The number of hydrogen-bond acceptors (Lipinski definition) is 7. The van der Waals surface area contributed by atoms with E-state index < -0.39 is 36.4 Å². The number of amides is 1. The standard InChI is InChI=1S/C50H56N4O8S2/c1-6-62-48(55)52-30-28-51(29-31-52)47-36(20-24-42-49(2,3)45-38-14-9-7-12-34(38)18-22-40(45)53(42)27-11-33-63(56,57)58)16-17-37(47)21-25-43-50(4,5)46-39-15-10-8-13-35(39)19-23-41(46)54(43)32-26-44(54)64(59,60)61/h7-10,12-15,18-25,44H,6,11,16-17,26-33H2,1-5H3/p+2. The number of hydrogen-bond donors (Lipinski definition) is 2. The number of fused-ring (bicyclic) bond motifs is 7. The van der Waals surface area contributed by atoms with Crippen LogP contribution in [0.1, 0.15) is 71.4 Å². The number of carbonyl (C=O) groups is 1. The molecule has 0 bridgehead atoms. The Hall–Kier alpha value is -5.12. The SMILES string of the molecule is CCOC(=O)N1CC[N+](=C2C(=CC=C3N(CCCS(=O)(=O)O)c4ccc5ccccc5c4C3(C)C)CCC2=CC=C2C(C)(C)c3c(ccc4ccccc34)[N+]23CCC3S(=O)(=O)O)CC1. The minimum Gasteiger partial charge on any atom is -0.450 e. The lowest BCUT2D eigenvalue weighted by atomic mass is 9.80. The van der Waals surface area contributed by atoms with Gasteiger partial charge in [-0.1, -0.05) is 74.5 Å². The topological polar surface area (TPSA) is 145 Å². The Bertz CT molecular complexity index is 2990. The van der Waals surface area contributed by atoms with Gasteiger partial charge in [0.05, 0.1) is 43.8 Å². The molecular formula is C50H58N4O8S2+2. The molecule has 0 aromatic heterocycles. The molecular weight excluding hydrogens is 849 g/mol. The summed E-state index contributed by atoms with van der Waals surface area (Å²) in [6.45, 7) is 13.9. The van der Waals surface area contributed by atoms with Gasteiger partial charge in [0.15, 0.2) is 13.1 Å². The van der Waals surface area contributed by atoms with Crippen LogP contribution in [-0.4, -0.2) is 104 Å². The molecule has 2 saturated heterocycles.